The number of nitriles is 1. The Morgan fingerprint density at radius 2 is 1.94 bits per heavy atom. The molecule has 3 aliphatic rings. The average molecular weight is 927 g/mol. The number of hydrogen-bond acceptors (Lipinski definition) is 16. The van der Waals surface area contributed by atoms with E-state index in [2.05, 4.69) is 43.4 Å². The average Bonchev–Trinajstić information content (AvgIpc) is 4.09. The normalized spacial score (nSPS) is 21.8. The van der Waals surface area contributed by atoms with Gasteiger partial charge in [-0.15, -0.1) is 11.3 Å². The van der Waals surface area contributed by atoms with Crippen LogP contribution in [0.25, 0.3) is 11.5 Å². The summed E-state index contributed by atoms with van der Waals surface area (Å²) in [7, 11) is 0. The lowest BCUT2D eigenvalue weighted by atomic mass is 9.72. The molecule has 1 aliphatic carbocycles. The molecule has 344 valence electrons. The zero-order valence-corrected chi connectivity index (χ0v) is 38.8. The second-order valence-electron chi connectivity index (χ2n) is 17.9. The van der Waals surface area contributed by atoms with E-state index in [0.29, 0.717) is 57.2 Å². The number of thiophene rings is 1. The van der Waals surface area contributed by atoms with E-state index in [4.69, 9.17) is 41.1 Å². The molecule has 0 bridgehead atoms. The number of rotatable bonds is 15. The van der Waals surface area contributed by atoms with Crippen molar-refractivity contribution < 1.29 is 28.5 Å². The van der Waals surface area contributed by atoms with E-state index in [0.717, 1.165) is 80.7 Å². The van der Waals surface area contributed by atoms with Gasteiger partial charge >= 0.3 is 0 Å². The first-order valence-electron chi connectivity index (χ1n) is 22.4. The molecule has 2 fully saturated rings. The van der Waals surface area contributed by atoms with Crippen molar-refractivity contribution in [2.75, 3.05) is 50.0 Å². The van der Waals surface area contributed by atoms with Crippen LogP contribution in [0.3, 0.4) is 0 Å². The van der Waals surface area contributed by atoms with Crippen LogP contribution in [0.2, 0.25) is 5.02 Å². The molecular weight excluding hydrogens is 870 g/mol. The highest BCUT2D eigenvalue weighted by molar-refractivity contribution is 7.16. The van der Waals surface area contributed by atoms with Crippen LogP contribution < -0.4 is 20.7 Å². The van der Waals surface area contributed by atoms with Crippen LogP contribution in [0.1, 0.15) is 105 Å². The van der Waals surface area contributed by atoms with Gasteiger partial charge in [0.2, 0.25) is 29.5 Å². The van der Waals surface area contributed by atoms with Gasteiger partial charge in [0, 0.05) is 66.4 Å². The van der Waals surface area contributed by atoms with Crippen molar-refractivity contribution in [1.29, 1.82) is 5.26 Å². The zero-order chi connectivity index (χ0) is 45.8. The summed E-state index contributed by atoms with van der Waals surface area (Å²) in [5, 5.41) is 32.9. The van der Waals surface area contributed by atoms with Crippen molar-refractivity contribution in [3.05, 3.63) is 80.8 Å². The molecular formula is C46H56ClN11O6S. The minimum absolute atomic E-state index is 0.0520. The summed E-state index contributed by atoms with van der Waals surface area (Å²) in [6, 6.07) is 12.2. The molecule has 19 heteroatoms. The highest BCUT2D eigenvalue weighted by Crippen LogP contribution is 2.48. The number of carbonyl (C=O) groups excluding carboxylic acids is 2. The molecule has 2 saturated heterocycles. The first-order valence-corrected chi connectivity index (χ1v) is 23.6. The Morgan fingerprint density at radius 3 is 2.72 bits per heavy atom. The topological polar surface area (TPSA) is 226 Å². The predicted octanol–water partition coefficient (Wildman–Crippen LogP) is 6.10. The number of likely N-dealkylation sites (tertiary alicyclic amines) is 1. The number of fused-ring (bicyclic) bond motifs is 1. The maximum absolute atomic E-state index is 14.0. The third-order valence-electron chi connectivity index (χ3n) is 12.8. The molecule has 5 atom stereocenters. The Labute approximate surface area is 387 Å². The Kier molecular flexibility index (Phi) is 14.0. The maximum atomic E-state index is 14.0. The molecule has 0 saturated carbocycles. The van der Waals surface area contributed by atoms with E-state index in [1.54, 1.807) is 30.5 Å². The highest BCUT2D eigenvalue weighted by Gasteiger charge is 2.44. The maximum Gasteiger partial charge on any atom is 0.254 e. The van der Waals surface area contributed by atoms with Crippen LogP contribution >= 0.6 is 22.9 Å². The van der Waals surface area contributed by atoms with Crippen LogP contribution in [0.4, 0.5) is 10.9 Å². The Balaban J connectivity index is 0.815. The summed E-state index contributed by atoms with van der Waals surface area (Å²) in [4.78, 5) is 48.9. The van der Waals surface area contributed by atoms with Gasteiger partial charge in [0.15, 0.2) is 5.76 Å². The summed E-state index contributed by atoms with van der Waals surface area (Å²) in [6.07, 6.45) is 6.28. The van der Waals surface area contributed by atoms with Gasteiger partial charge in [-0.3, -0.25) is 9.59 Å². The SMILES string of the molecule is CC(C)C(C(=O)N1C[C@H](O)C[C@H]1C(=O)NCc1ccc(Cl)cc1)c1cc(OCCCCN2CCCN(c3nccc(-c4noc([C@@]5(C)CCCc6sc(N)c(C#N)c65)n4)n3)[C@@H](C)C2)no1. The molecule has 2 aliphatic heterocycles. The number of halogens is 1. The quantitative estimate of drug-likeness (QED) is 0.101. The van der Waals surface area contributed by atoms with Crippen LogP contribution in [0.15, 0.2) is 51.6 Å². The number of unbranched alkanes of at least 4 members (excludes halogenated alkanes) is 1. The Morgan fingerprint density at radius 1 is 1.12 bits per heavy atom. The van der Waals surface area contributed by atoms with Crippen molar-refractivity contribution >= 4 is 45.7 Å². The number of aryl methyl sites for hydroxylation is 1. The fourth-order valence-corrected chi connectivity index (χ4v) is 10.8. The minimum atomic E-state index is -0.818. The Bertz CT molecular complexity index is 2500. The molecule has 5 aromatic rings. The lowest BCUT2D eigenvalue weighted by Crippen LogP contribution is -2.48. The summed E-state index contributed by atoms with van der Waals surface area (Å²) in [6.45, 7) is 12.3. The van der Waals surface area contributed by atoms with E-state index >= 15 is 0 Å². The Hall–Kier alpha value is -5.61. The summed E-state index contributed by atoms with van der Waals surface area (Å²) >= 11 is 7.47. The number of nitrogen functional groups attached to an aromatic ring is 1. The van der Waals surface area contributed by atoms with Crippen LogP contribution in [-0.4, -0.2) is 110 Å². The molecule has 0 radical (unpaired) electrons. The molecule has 4 N–H and O–H groups in total. The van der Waals surface area contributed by atoms with Gasteiger partial charge in [-0.1, -0.05) is 42.7 Å². The number of amides is 2. The summed E-state index contributed by atoms with van der Waals surface area (Å²) < 4.78 is 17.5. The summed E-state index contributed by atoms with van der Waals surface area (Å²) in [5.74, 6) is 0.573. The van der Waals surface area contributed by atoms with Crippen LogP contribution in [0.5, 0.6) is 5.88 Å². The van der Waals surface area contributed by atoms with Crippen LogP contribution in [0, 0.1) is 17.2 Å². The van der Waals surface area contributed by atoms with Gasteiger partial charge in [0.1, 0.15) is 28.7 Å². The molecule has 1 unspecified atom stereocenters. The van der Waals surface area contributed by atoms with E-state index in [-0.39, 0.29) is 43.3 Å². The van der Waals surface area contributed by atoms with Crippen molar-refractivity contribution in [2.24, 2.45) is 5.92 Å². The molecule has 8 rings (SSSR count). The smallest absolute Gasteiger partial charge is 0.254 e. The number of aliphatic hydroxyl groups excluding tert-OH is 1. The largest absolute Gasteiger partial charge is 0.476 e. The zero-order valence-electron chi connectivity index (χ0n) is 37.2. The third kappa shape index (κ3) is 9.98. The van der Waals surface area contributed by atoms with Crippen molar-refractivity contribution in [1.82, 2.24) is 40.4 Å². The van der Waals surface area contributed by atoms with Crippen molar-refractivity contribution in [2.45, 2.75) is 109 Å². The first kappa shape index (κ1) is 45.9. The van der Waals surface area contributed by atoms with Crippen LogP contribution in [-0.2, 0) is 28.0 Å². The van der Waals surface area contributed by atoms with Gasteiger partial charge in [-0.05, 0) is 100 Å². The van der Waals surface area contributed by atoms with Gasteiger partial charge in [0.05, 0.1) is 23.7 Å². The highest BCUT2D eigenvalue weighted by atomic mass is 35.5. The molecule has 0 spiro atoms. The standard InChI is InChI=1S/C46H56ClN11O6S/c1-27(2)38(43(61)58-26-31(59)21-34(58)42(60)51-24-29-10-12-30(47)13-11-29)35-22-37(54-63-35)62-20-6-5-17-56-18-8-19-57(28(3)25-56)45-50-16-14-33(52-45)41-53-44(64-55-41)46(4)15-7-9-36-39(46)32(23-48)40(49)65-36/h10-14,16,22,27-28,31,34,38,59H,5-9,15,17-21,24-26,49H2,1-4H3,(H,51,60)/t28-,31+,34-,38?,46-/m0/s1. The number of nitrogens with two attached hydrogens (primary N) is 1. The predicted molar refractivity (Wildman–Crippen MR) is 244 cm³/mol. The number of β-amino-alcohol motifs (C(OH)–C–C–N with tert-alkyl or cyclic N) is 1. The number of nitrogens with one attached hydrogen (secondary N) is 1. The number of benzene rings is 1. The number of ether oxygens (including phenoxy) is 1. The molecule has 65 heavy (non-hydrogen) atoms. The third-order valence-corrected chi connectivity index (χ3v) is 14.1. The van der Waals surface area contributed by atoms with E-state index < -0.39 is 23.5 Å². The van der Waals surface area contributed by atoms with Crippen molar-refractivity contribution in [3.8, 4) is 23.5 Å². The first-order chi connectivity index (χ1) is 31.3. The number of aromatic nitrogens is 5. The van der Waals surface area contributed by atoms with E-state index in [9.17, 15) is 20.0 Å². The second kappa shape index (κ2) is 19.9. The van der Waals surface area contributed by atoms with Crippen molar-refractivity contribution in [3.63, 3.8) is 0 Å². The number of aliphatic hydroxyl groups is 1. The van der Waals surface area contributed by atoms with Gasteiger partial charge < -0.3 is 44.6 Å². The monoisotopic (exact) mass is 925 g/mol. The second-order valence-corrected chi connectivity index (χ2v) is 19.5. The van der Waals surface area contributed by atoms with E-state index in [1.807, 2.05) is 32.9 Å². The number of carbonyl (C=O) groups is 2. The summed E-state index contributed by atoms with van der Waals surface area (Å²) in [5.41, 5.74) is 8.48. The number of nitrogens with zero attached hydrogens (tertiary/aromatic N) is 9. The minimum Gasteiger partial charge on any atom is -0.476 e. The molecule has 17 nitrogen and oxygen atoms in total. The van der Waals surface area contributed by atoms with Gasteiger partial charge in [-0.2, -0.15) is 10.2 Å². The molecule has 6 heterocycles. The molecule has 1 aromatic carbocycles. The van der Waals surface area contributed by atoms with Gasteiger partial charge in [-0.25, -0.2) is 9.97 Å². The molecule has 2 amide bonds. The van der Waals surface area contributed by atoms with E-state index in [1.165, 1.54) is 16.2 Å². The fourth-order valence-electron chi connectivity index (χ4n) is 9.45. The van der Waals surface area contributed by atoms with Gasteiger partial charge in [0.25, 0.3) is 5.88 Å². The number of anilines is 2. The number of hydrogen-bond donors (Lipinski definition) is 3. The lowest BCUT2D eigenvalue weighted by molar-refractivity contribution is -0.141. The molecule has 4 aromatic heterocycles. The fraction of sp³-hybridized carbons (Fsp3) is 0.522. The lowest BCUT2D eigenvalue weighted by Gasteiger charge is -2.30.